The molecule has 2 aromatic rings. The average molecular weight is 346 g/mol. The van der Waals surface area contributed by atoms with Crippen molar-refractivity contribution in [3.63, 3.8) is 0 Å². The SMILES string of the molecule is Cc1cc(CNC(=O)c2cccc(S(C)(=O)=O)c2)ccc1N(C)C. The summed E-state index contributed by atoms with van der Waals surface area (Å²) in [4.78, 5) is 14.4. The molecule has 0 radical (unpaired) electrons. The fourth-order valence-corrected chi connectivity index (χ4v) is 3.15. The van der Waals surface area contributed by atoms with Gasteiger partial charge in [0, 0.05) is 38.1 Å². The summed E-state index contributed by atoms with van der Waals surface area (Å²) in [6, 6.07) is 12.1. The van der Waals surface area contributed by atoms with E-state index in [2.05, 4.69) is 5.32 Å². The third-order valence-corrected chi connectivity index (χ3v) is 4.83. The van der Waals surface area contributed by atoms with E-state index in [0.29, 0.717) is 12.1 Å². The van der Waals surface area contributed by atoms with Crippen molar-refractivity contribution < 1.29 is 13.2 Å². The van der Waals surface area contributed by atoms with Gasteiger partial charge in [0.1, 0.15) is 0 Å². The zero-order chi connectivity index (χ0) is 17.9. The molecule has 0 saturated carbocycles. The number of amides is 1. The summed E-state index contributed by atoms with van der Waals surface area (Å²) in [5, 5.41) is 2.82. The van der Waals surface area contributed by atoms with Crippen molar-refractivity contribution in [1.29, 1.82) is 0 Å². The Hall–Kier alpha value is -2.34. The molecule has 6 heteroatoms. The van der Waals surface area contributed by atoms with Crippen LogP contribution in [0.2, 0.25) is 0 Å². The average Bonchev–Trinajstić information content (AvgIpc) is 2.51. The minimum absolute atomic E-state index is 0.140. The summed E-state index contributed by atoms with van der Waals surface area (Å²) in [6.07, 6.45) is 1.12. The van der Waals surface area contributed by atoms with Crippen LogP contribution in [0.3, 0.4) is 0 Å². The van der Waals surface area contributed by atoms with Crippen LogP contribution in [0.5, 0.6) is 0 Å². The summed E-state index contributed by atoms with van der Waals surface area (Å²) < 4.78 is 23.2. The third kappa shape index (κ3) is 4.35. The number of carbonyl (C=O) groups excluding carboxylic acids is 1. The first-order valence-electron chi connectivity index (χ1n) is 7.53. The quantitative estimate of drug-likeness (QED) is 0.903. The van der Waals surface area contributed by atoms with Crippen molar-refractivity contribution in [2.45, 2.75) is 18.4 Å². The second-order valence-electron chi connectivity index (χ2n) is 6.00. The number of carbonyl (C=O) groups is 1. The molecule has 2 aromatic carbocycles. The molecule has 0 bridgehead atoms. The summed E-state index contributed by atoms with van der Waals surface area (Å²) in [6.45, 7) is 2.41. The normalized spacial score (nSPS) is 11.2. The Morgan fingerprint density at radius 3 is 2.42 bits per heavy atom. The van der Waals surface area contributed by atoms with Gasteiger partial charge in [0.05, 0.1) is 4.90 Å². The fraction of sp³-hybridized carbons (Fsp3) is 0.278. The molecule has 0 aromatic heterocycles. The van der Waals surface area contributed by atoms with Crippen LogP contribution >= 0.6 is 0 Å². The second-order valence-corrected chi connectivity index (χ2v) is 8.01. The van der Waals surface area contributed by atoms with Crippen LogP contribution in [0.15, 0.2) is 47.4 Å². The van der Waals surface area contributed by atoms with Crippen molar-refractivity contribution in [2.24, 2.45) is 0 Å². The molecule has 0 saturated heterocycles. The molecule has 1 amide bonds. The van der Waals surface area contributed by atoms with Gasteiger partial charge in [-0.25, -0.2) is 8.42 Å². The first-order valence-corrected chi connectivity index (χ1v) is 9.43. The molecule has 5 nitrogen and oxygen atoms in total. The Morgan fingerprint density at radius 2 is 1.83 bits per heavy atom. The van der Waals surface area contributed by atoms with Crippen LogP contribution in [0.1, 0.15) is 21.5 Å². The molecule has 0 fully saturated rings. The second kappa shape index (κ2) is 7.05. The zero-order valence-corrected chi connectivity index (χ0v) is 15.1. The Bertz CT molecular complexity index is 858. The van der Waals surface area contributed by atoms with Crippen LogP contribution in [0, 0.1) is 6.92 Å². The molecule has 128 valence electrons. The van der Waals surface area contributed by atoms with E-state index in [9.17, 15) is 13.2 Å². The van der Waals surface area contributed by atoms with Gasteiger partial charge in [-0.3, -0.25) is 4.79 Å². The van der Waals surface area contributed by atoms with Gasteiger partial charge in [0.25, 0.3) is 5.91 Å². The third-order valence-electron chi connectivity index (χ3n) is 3.72. The highest BCUT2D eigenvalue weighted by Crippen LogP contribution is 2.19. The van der Waals surface area contributed by atoms with Crippen LogP contribution < -0.4 is 10.2 Å². The van der Waals surface area contributed by atoms with Gasteiger partial charge >= 0.3 is 0 Å². The Balaban J connectivity index is 2.10. The van der Waals surface area contributed by atoms with E-state index in [0.717, 1.165) is 23.1 Å². The predicted octanol–water partition coefficient (Wildman–Crippen LogP) is 2.39. The molecule has 0 spiro atoms. The van der Waals surface area contributed by atoms with E-state index in [1.54, 1.807) is 12.1 Å². The Kier molecular flexibility index (Phi) is 5.29. The molecule has 1 N–H and O–H groups in total. The van der Waals surface area contributed by atoms with E-state index < -0.39 is 9.84 Å². The van der Waals surface area contributed by atoms with Gasteiger partial charge in [-0.05, 0) is 42.3 Å². The molecule has 2 rings (SSSR count). The minimum Gasteiger partial charge on any atom is -0.377 e. The van der Waals surface area contributed by atoms with Gasteiger partial charge in [0.15, 0.2) is 9.84 Å². The number of hydrogen-bond acceptors (Lipinski definition) is 4. The lowest BCUT2D eigenvalue weighted by atomic mass is 10.1. The summed E-state index contributed by atoms with van der Waals surface area (Å²) in [7, 11) is 0.640. The first kappa shape index (κ1) is 18.0. The van der Waals surface area contributed by atoms with Crippen molar-refractivity contribution in [3.05, 3.63) is 59.2 Å². The van der Waals surface area contributed by atoms with Crippen LogP contribution in [-0.4, -0.2) is 34.7 Å². The van der Waals surface area contributed by atoms with E-state index in [-0.39, 0.29) is 10.8 Å². The lowest BCUT2D eigenvalue weighted by Crippen LogP contribution is -2.23. The molecule has 0 atom stereocenters. The standard InChI is InChI=1S/C18H22N2O3S/c1-13-10-14(8-9-17(13)20(2)3)12-19-18(21)15-6-5-7-16(11-15)24(4,22)23/h5-11H,12H2,1-4H3,(H,19,21). The highest BCUT2D eigenvalue weighted by Gasteiger charge is 2.11. The van der Waals surface area contributed by atoms with Crippen molar-refractivity contribution in [1.82, 2.24) is 5.32 Å². The summed E-state index contributed by atoms with van der Waals surface area (Å²) >= 11 is 0. The number of aryl methyl sites for hydroxylation is 1. The molecular weight excluding hydrogens is 324 g/mol. The van der Waals surface area contributed by atoms with Gasteiger partial charge in [-0.1, -0.05) is 18.2 Å². The number of anilines is 1. The van der Waals surface area contributed by atoms with Crippen LogP contribution in [0.25, 0.3) is 0 Å². The van der Waals surface area contributed by atoms with Gasteiger partial charge in [-0.2, -0.15) is 0 Å². The van der Waals surface area contributed by atoms with Crippen molar-refractivity contribution in [2.75, 3.05) is 25.3 Å². The molecule has 0 heterocycles. The van der Waals surface area contributed by atoms with Crippen LogP contribution in [0.4, 0.5) is 5.69 Å². The fourth-order valence-electron chi connectivity index (χ4n) is 2.48. The molecule has 0 aliphatic heterocycles. The number of sulfone groups is 1. The number of nitrogens with one attached hydrogen (secondary N) is 1. The van der Waals surface area contributed by atoms with E-state index in [1.807, 2.05) is 44.1 Å². The number of hydrogen-bond donors (Lipinski definition) is 1. The van der Waals surface area contributed by atoms with Gasteiger partial charge in [0.2, 0.25) is 0 Å². The minimum atomic E-state index is -3.33. The largest absolute Gasteiger partial charge is 0.377 e. The highest BCUT2D eigenvalue weighted by molar-refractivity contribution is 7.90. The maximum Gasteiger partial charge on any atom is 0.251 e. The molecule has 0 aliphatic rings. The lowest BCUT2D eigenvalue weighted by molar-refractivity contribution is 0.0950. The molecule has 0 aliphatic carbocycles. The maximum absolute atomic E-state index is 12.2. The van der Waals surface area contributed by atoms with E-state index in [4.69, 9.17) is 0 Å². The molecular formula is C18H22N2O3S. The van der Waals surface area contributed by atoms with Crippen molar-refractivity contribution >= 4 is 21.4 Å². The number of benzene rings is 2. The monoisotopic (exact) mass is 346 g/mol. The highest BCUT2D eigenvalue weighted by atomic mass is 32.2. The van der Waals surface area contributed by atoms with Gasteiger partial charge in [-0.15, -0.1) is 0 Å². The lowest BCUT2D eigenvalue weighted by Gasteiger charge is -2.16. The molecule has 0 unspecified atom stereocenters. The first-order chi connectivity index (χ1) is 11.2. The van der Waals surface area contributed by atoms with Crippen molar-refractivity contribution in [3.8, 4) is 0 Å². The smallest absolute Gasteiger partial charge is 0.251 e. The summed E-state index contributed by atoms with van der Waals surface area (Å²) in [5.74, 6) is -0.296. The Labute approximate surface area is 143 Å². The topological polar surface area (TPSA) is 66.5 Å². The van der Waals surface area contributed by atoms with Gasteiger partial charge < -0.3 is 10.2 Å². The Morgan fingerprint density at radius 1 is 1.12 bits per heavy atom. The molecule has 24 heavy (non-hydrogen) atoms. The van der Waals surface area contributed by atoms with E-state index in [1.165, 1.54) is 12.1 Å². The predicted molar refractivity (Wildman–Crippen MR) is 96.2 cm³/mol. The number of rotatable bonds is 5. The number of nitrogens with zero attached hydrogens (tertiary/aromatic N) is 1. The van der Waals surface area contributed by atoms with E-state index >= 15 is 0 Å². The maximum atomic E-state index is 12.2. The zero-order valence-electron chi connectivity index (χ0n) is 14.3. The van der Waals surface area contributed by atoms with Crippen LogP contribution in [-0.2, 0) is 16.4 Å². The summed E-state index contributed by atoms with van der Waals surface area (Å²) in [5.41, 5.74) is 3.59.